The second kappa shape index (κ2) is 5.83. The molecule has 6 heteroatoms. The summed E-state index contributed by atoms with van der Waals surface area (Å²) in [7, 11) is 0. The molecule has 2 heterocycles. The number of aromatic hydroxyl groups is 1. The molecule has 1 saturated heterocycles. The first-order chi connectivity index (χ1) is 9.47. The number of rotatable bonds is 4. The Kier molecular flexibility index (Phi) is 4.32. The summed E-state index contributed by atoms with van der Waals surface area (Å²) in [5.74, 6) is -0.187. The fraction of sp³-hybridized carbons (Fsp3) is 0.714. The Morgan fingerprint density at radius 3 is 2.60 bits per heavy atom. The largest absolute Gasteiger partial charge is 0.494 e. The molecule has 1 fully saturated rings. The average molecular weight is 282 g/mol. The van der Waals surface area contributed by atoms with Crippen molar-refractivity contribution in [3.05, 3.63) is 26.4 Å². The summed E-state index contributed by atoms with van der Waals surface area (Å²) in [6.45, 7) is 5.73. The van der Waals surface area contributed by atoms with E-state index >= 15 is 0 Å². The van der Waals surface area contributed by atoms with Gasteiger partial charge in [-0.2, -0.15) is 0 Å². The van der Waals surface area contributed by atoms with Gasteiger partial charge in [0, 0.05) is 19.8 Å². The summed E-state index contributed by atoms with van der Waals surface area (Å²) in [5, 5.41) is 10.2. The smallest absolute Gasteiger partial charge is 0.331 e. The zero-order valence-corrected chi connectivity index (χ0v) is 12.1. The van der Waals surface area contributed by atoms with Crippen LogP contribution in [-0.4, -0.2) is 27.9 Å². The first-order valence-electron chi connectivity index (χ1n) is 7.09. The lowest BCUT2D eigenvalue weighted by molar-refractivity contribution is 0.0137. The van der Waals surface area contributed by atoms with Gasteiger partial charge in [0.2, 0.25) is 5.88 Å². The molecule has 0 spiro atoms. The Morgan fingerprint density at radius 2 is 2.00 bits per heavy atom. The molecular weight excluding hydrogens is 260 g/mol. The molecule has 20 heavy (non-hydrogen) atoms. The molecule has 1 aromatic heterocycles. The number of nitrogens with zero attached hydrogens (tertiary/aromatic N) is 1. The summed E-state index contributed by atoms with van der Waals surface area (Å²) >= 11 is 0. The number of aromatic amines is 1. The van der Waals surface area contributed by atoms with Gasteiger partial charge in [-0.15, -0.1) is 0 Å². The van der Waals surface area contributed by atoms with Crippen molar-refractivity contribution < 1.29 is 9.84 Å². The molecule has 2 N–H and O–H groups in total. The van der Waals surface area contributed by atoms with Crippen LogP contribution in [0.15, 0.2) is 9.59 Å². The first-order valence-corrected chi connectivity index (χ1v) is 7.09. The van der Waals surface area contributed by atoms with Gasteiger partial charge in [-0.25, -0.2) is 4.79 Å². The van der Waals surface area contributed by atoms with Crippen LogP contribution in [0, 0.1) is 5.41 Å². The molecule has 112 valence electrons. The lowest BCUT2D eigenvalue weighted by Crippen LogP contribution is -2.38. The lowest BCUT2D eigenvalue weighted by atomic mass is 9.82. The second-order valence-corrected chi connectivity index (χ2v) is 5.82. The average Bonchev–Trinajstić information content (AvgIpc) is 2.40. The van der Waals surface area contributed by atoms with E-state index in [4.69, 9.17) is 4.74 Å². The maximum Gasteiger partial charge on any atom is 0.331 e. The molecule has 0 aliphatic carbocycles. The molecule has 1 aliphatic heterocycles. The van der Waals surface area contributed by atoms with Crippen molar-refractivity contribution in [3.63, 3.8) is 0 Å². The number of hydrogen-bond acceptors (Lipinski definition) is 4. The number of nitrogens with one attached hydrogen (secondary N) is 1. The van der Waals surface area contributed by atoms with Crippen LogP contribution < -0.4 is 11.2 Å². The van der Waals surface area contributed by atoms with Crippen LogP contribution in [0.25, 0.3) is 0 Å². The van der Waals surface area contributed by atoms with E-state index in [9.17, 15) is 14.7 Å². The summed E-state index contributed by atoms with van der Waals surface area (Å²) in [6, 6.07) is 0. The van der Waals surface area contributed by atoms with Crippen molar-refractivity contribution in [3.8, 4) is 5.88 Å². The summed E-state index contributed by atoms with van der Waals surface area (Å²) in [4.78, 5) is 26.0. The lowest BCUT2D eigenvalue weighted by Gasteiger charge is -2.34. The Bertz CT molecular complexity index is 582. The van der Waals surface area contributed by atoms with E-state index in [2.05, 4.69) is 11.9 Å². The van der Waals surface area contributed by atoms with E-state index in [-0.39, 0.29) is 11.3 Å². The zero-order chi connectivity index (χ0) is 14.8. The zero-order valence-electron chi connectivity index (χ0n) is 12.1. The van der Waals surface area contributed by atoms with Crippen molar-refractivity contribution in [2.45, 2.75) is 46.1 Å². The molecule has 0 amide bonds. The third-order valence-corrected chi connectivity index (χ3v) is 4.01. The minimum atomic E-state index is -0.542. The molecule has 6 nitrogen and oxygen atoms in total. The van der Waals surface area contributed by atoms with E-state index < -0.39 is 11.2 Å². The number of ether oxygens (including phenoxy) is 1. The standard InChI is InChI=1S/C14H22N2O4/c1-3-4-10-11(17)15-13(19)16(12(10)18)9-14(2)5-7-20-8-6-14/h18H,3-9H2,1-2H3,(H,15,17,19). The Balaban J connectivity index is 2.38. The number of hydrogen-bond donors (Lipinski definition) is 2. The van der Waals surface area contributed by atoms with Crippen LogP contribution in [0.4, 0.5) is 0 Å². The van der Waals surface area contributed by atoms with Crippen molar-refractivity contribution in [1.82, 2.24) is 9.55 Å². The van der Waals surface area contributed by atoms with E-state index in [0.717, 1.165) is 19.3 Å². The maximum atomic E-state index is 11.9. The van der Waals surface area contributed by atoms with Crippen LogP contribution in [0.2, 0.25) is 0 Å². The van der Waals surface area contributed by atoms with Gasteiger partial charge >= 0.3 is 5.69 Å². The normalized spacial score (nSPS) is 18.1. The molecule has 1 aromatic rings. The van der Waals surface area contributed by atoms with Gasteiger partial charge in [-0.1, -0.05) is 20.3 Å². The predicted molar refractivity (Wildman–Crippen MR) is 75.1 cm³/mol. The monoisotopic (exact) mass is 282 g/mol. The molecule has 0 radical (unpaired) electrons. The number of H-pyrrole nitrogens is 1. The van der Waals surface area contributed by atoms with Crippen LogP contribution in [0.3, 0.4) is 0 Å². The van der Waals surface area contributed by atoms with Gasteiger partial charge in [0.05, 0.1) is 5.56 Å². The van der Waals surface area contributed by atoms with Gasteiger partial charge in [0.15, 0.2) is 0 Å². The summed E-state index contributed by atoms with van der Waals surface area (Å²) in [5.41, 5.74) is -0.827. The van der Waals surface area contributed by atoms with Gasteiger partial charge in [0.25, 0.3) is 5.56 Å². The SMILES string of the molecule is CCCc1c(O)n(CC2(C)CCOCC2)c(=O)[nH]c1=O. The number of aromatic nitrogens is 2. The predicted octanol–water partition coefficient (Wildman–Crippen LogP) is 1.01. The minimum Gasteiger partial charge on any atom is -0.494 e. The minimum absolute atomic E-state index is 0.0960. The molecule has 0 saturated carbocycles. The van der Waals surface area contributed by atoms with Gasteiger partial charge in [0.1, 0.15) is 0 Å². The van der Waals surface area contributed by atoms with E-state index in [1.54, 1.807) is 0 Å². The van der Waals surface area contributed by atoms with Gasteiger partial charge in [-0.05, 0) is 24.7 Å². The van der Waals surface area contributed by atoms with Gasteiger partial charge < -0.3 is 9.84 Å². The fourth-order valence-corrected chi connectivity index (χ4v) is 2.63. The van der Waals surface area contributed by atoms with E-state index in [1.807, 2.05) is 6.92 Å². The Labute approximate surface area is 117 Å². The summed E-state index contributed by atoms with van der Waals surface area (Å²) < 4.78 is 6.63. The topological polar surface area (TPSA) is 84.3 Å². The third kappa shape index (κ3) is 2.95. The van der Waals surface area contributed by atoms with Gasteiger partial charge in [-0.3, -0.25) is 14.3 Å². The van der Waals surface area contributed by atoms with E-state index in [0.29, 0.717) is 31.7 Å². The summed E-state index contributed by atoms with van der Waals surface area (Å²) in [6.07, 6.45) is 2.86. The first kappa shape index (κ1) is 14.8. The Hall–Kier alpha value is -1.56. The third-order valence-electron chi connectivity index (χ3n) is 4.01. The molecular formula is C14H22N2O4. The molecule has 2 rings (SSSR count). The van der Waals surface area contributed by atoms with Crippen molar-refractivity contribution in [2.24, 2.45) is 5.41 Å². The van der Waals surface area contributed by atoms with E-state index in [1.165, 1.54) is 4.57 Å². The second-order valence-electron chi connectivity index (χ2n) is 5.82. The van der Waals surface area contributed by atoms with Crippen LogP contribution >= 0.6 is 0 Å². The van der Waals surface area contributed by atoms with Crippen molar-refractivity contribution in [1.29, 1.82) is 0 Å². The van der Waals surface area contributed by atoms with Crippen molar-refractivity contribution in [2.75, 3.05) is 13.2 Å². The fourth-order valence-electron chi connectivity index (χ4n) is 2.63. The molecule has 0 atom stereocenters. The quantitative estimate of drug-likeness (QED) is 0.863. The molecule has 0 aromatic carbocycles. The highest BCUT2D eigenvalue weighted by atomic mass is 16.5. The molecule has 1 aliphatic rings. The highest BCUT2D eigenvalue weighted by Gasteiger charge is 2.29. The molecule has 0 bridgehead atoms. The highest BCUT2D eigenvalue weighted by Crippen LogP contribution is 2.32. The van der Waals surface area contributed by atoms with Crippen LogP contribution in [0.1, 0.15) is 38.7 Å². The molecule has 0 unspecified atom stereocenters. The maximum absolute atomic E-state index is 11.9. The van der Waals surface area contributed by atoms with Crippen molar-refractivity contribution >= 4 is 0 Å². The Morgan fingerprint density at radius 1 is 1.35 bits per heavy atom. The van der Waals surface area contributed by atoms with Crippen LogP contribution in [0.5, 0.6) is 5.88 Å². The highest BCUT2D eigenvalue weighted by molar-refractivity contribution is 5.22. The van der Waals surface area contributed by atoms with Crippen LogP contribution in [-0.2, 0) is 17.7 Å².